The Kier molecular flexibility index (Phi) is 5.49. The van der Waals surface area contributed by atoms with Gasteiger partial charge in [-0.2, -0.15) is 0 Å². The first-order valence-corrected chi connectivity index (χ1v) is 8.57. The van der Waals surface area contributed by atoms with Crippen LogP contribution < -0.4 is 5.32 Å². The van der Waals surface area contributed by atoms with Gasteiger partial charge in [-0.05, 0) is 50.0 Å². The molecule has 0 radical (unpaired) electrons. The molecule has 24 heavy (non-hydrogen) atoms. The summed E-state index contributed by atoms with van der Waals surface area (Å²) in [7, 11) is 0. The fourth-order valence-electron chi connectivity index (χ4n) is 3.16. The molecule has 2 aromatic rings. The SMILES string of the molecule is O=C(Nc1ccccc1O)C1CCN(CCc2ccccc2)CC1. The summed E-state index contributed by atoms with van der Waals surface area (Å²) in [6.07, 6.45) is 2.79. The standard InChI is InChI=1S/C20H24N2O2/c23-19-9-5-4-8-18(19)21-20(24)17-11-14-22(15-12-17)13-10-16-6-2-1-3-7-16/h1-9,17,23H,10-15H2,(H,21,24). The van der Waals surface area contributed by atoms with Crippen LogP contribution in [0.15, 0.2) is 54.6 Å². The van der Waals surface area contributed by atoms with Crippen molar-refractivity contribution in [3.63, 3.8) is 0 Å². The minimum absolute atomic E-state index is 0.0132. The molecule has 3 rings (SSSR count). The lowest BCUT2D eigenvalue weighted by molar-refractivity contribution is -0.121. The van der Waals surface area contributed by atoms with Crippen molar-refractivity contribution in [1.29, 1.82) is 0 Å². The number of anilines is 1. The van der Waals surface area contributed by atoms with Crippen LogP contribution in [0, 0.1) is 5.92 Å². The second-order valence-corrected chi connectivity index (χ2v) is 6.36. The average molecular weight is 324 g/mol. The maximum Gasteiger partial charge on any atom is 0.227 e. The molecule has 0 aliphatic carbocycles. The number of piperidine rings is 1. The molecule has 1 aliphatic rings. The van der Waals surface area contributed by atoms with Crippen LogP contribution in [0.3, 0.4) is 0 Å². The van der Waals surface area contributed by atoms with E-state index >= 15 is 0 Å². The Morgan fingerprint density at radius 1 is 1.04 bits per heavy atom. The highest BCUT2D eigenvalue weighted by molar-refractivity contribution is 5.93. The van der Waals surface area contributed by atoms with Gasteiger partial charge >= 0.3 is 0 Å². The number of benzene rings is 2. The number of nitrogens with one attached hydrogen (secondary N) is 1. The molecule has 0 atom stereocenters. The molecule has 1 aliphatic heterocycles. The van der Waals surface area contributed by atoms with Gasteiger partial charge in [0.05, 0.1) is 5.69 Å². The Hall–Kier alpha value is -2.33. The van der Waals surface area contributed by atoms with E-state index in [2.05, 4.69) is 34.5 Å². The zero-order chi connectivity index (χ0) is 16.8. The Labute approximate surface area is 143 Å². The summed E-state index contributed by atoms with van der Waals surface area (Å²) in [6.45, 7) is 2.94. The Morgan fingerprint density at radius 2 is 1.71 bits per heavy atom. The molecule has 4 heteroatoms. The Morgan fingerprint density at radius 3 is 2.42 bits per heavy atom. The van der Waals surface area contributed by atoms with E-state index in [1.807, 2.05) is 12.1 Å². The summed E-state index contributed by atoms with van der Waals surface area (Å²) in [5.74, 6) is 0.155. The fourth-order valence-corrected chi connectivity index (χ4v) is 3.16. The number of carbonyl (C=O) groups is 1. The molecule has 0 spiro atoms. The number of likely N-dealkylation sites (tertiary alicyclic amines) is 1. The first kappa shape index (κ1) is 16.5. The summed E-state index contributed by atoms with van der Waals surface area (Å²) >= 11 is 0. The van der Waals surface area contributed by atoms with Gasteiger partial charge in [0.15, 0.2) is 0 Å². The number of nitrogens with zero attached hydrogens (tertiary/aromatic N) is 1. The van der Waals surface area contributed by atoms with E-state index in [9.17, 15) is 9.90 Å². The van der Waals surface area contributed by atoms with Gasteiger partial charge in [-0.25, -0.2) is 0 Å². The molecule has 126 valence electrons. The van der Waals surface area contributed by atoms with Gasteiger partial charge in [0, 0.05) is 12.5 Å². The lowest BCUT2D eigenvalue weighted by Crippen LogP contribution is -2.39. The van der Waals surface area contributed by atoms with Crippen LogP contribution in [0.25, 0.3) is 0 Å². The van der Waals surface area contributed by atoms with Crippen molar-refractivity contribution in [2.24, 2.45) is 5.92 Å². The quantitative estimate of drug-likeness (QED) is 0.830. The highest BCUT2D eigenvalue weighted by Crippen LogP contribution is 2.24. The summed E-state index contributed by atoms with van der Waals surface area (Å²) in [6, 6.07) is 17.4. The topological polar surface area (TPSA) is 52.6 Å². The van der Waals surface area contributed by atoms with E-state index < -0.39 is 0 Å². The summed E-state index contributed by atoms with van der Waals surface area (Å²) in [5.41, 5.74) is 1.85. The molecule has 1 fully saturated rings. The molecule has 0 saturated carbocycles. The van der Waals surface area contributed by atoms with Gasteiger partial charge in [0.2, 0.25) is 5.91 Å². The van der Waals surface area contributed by atoms with Crippen LogP contribution in [0.5, 0.6) is 5.75 Å². The van der Waals surface area contributed by atoms with Gasteiger partial charge in [0.1, 0.15) is 5.75 Å². The largest absolute Gasteiger partial charge is 0.506 e. The zero-order valence-electron chi connectivity index (χ0n) is 13.8. The second kappa shape index (κ2) is 7.97. The van der Waals surface area contributed by atoms with Gasteiger partial charge in [-0.1, -0.05) is 42.5 Å². The minimum Gasteiger partial charge on any atom is -0.506 e. The highest BCUT2D eigenvalue weighted by Gasteiger charge is 2.25. The van der Waals surface area contributed by atoms with E-state index in [0.29, 0.717) is 5.69 Å². The molecule has 0 unspecified atom stereocenters. The Balaban J connectivity index is 1.44. The normalized spacial score (nSPS) is 16.0. The summed E-state index contributed by atoms with van der Waals surface area (Å²) in [4.78, 5) is 14.8. The van der Waals surface area contributed by atoms with Crippen LogP contribution in [-0.4, -0.2) is 35.5 Å². The van der Waals surface area contributed by atoms with E-state index in [-0.39, 0.29) is 17.6 Å². The smallest absolute Gasteiger partial charge is 0.227 e. The van der Waals surface area contributed by atoms with Crippen molar-refractivity contribution in [2.45, 2.75) is 19.3 Å². The number of aromatic hydroxyl groups is 1. The van der Waals surface area contributed by atoms with Crippen molar-refractivity contribution in [3.8, 4) is 5.75 Å². The fraction of sp³-hybridized carbons (Fsp3) is 0.350. The number of amides is 1. The van der Waals surface area contributed by atoms with Crippen LogP contribution in [0.2, 0.25) is 0 Å². The van der Waals surface area contributed by atoms with Crippen molar-refractivity contribution in [3.05, 3.63) is 60.2 Å². The number of phenolic OH excluding ortho intramolecular Hbond substituents is 1. The third kappa shape index (κ3) is 4.36. The molecular weight excluding hydrogens is 300 g/mol. The van der Waals surface area contributed by atoms with E-state index in [1.165, 1.54) is 5.56 Å². The monoisotopic (exact) mass is 324 g/mol. The van der Waals surface area contributed by atoms with Crippen molar-refractivity contribution < 1.29 is 9.90 Å². The van der Waals surface area contributed by atoms with E-state index in [1.54, 1.807) is 18.2 Å². The first-order valence-electron chi connectivity index (χ1n) is 8.57. The number of rotatable bonds is 5. The summed E-state index contributed by atoms with van der Waals surface area (Å²) < 4.78 is 0. The average Bonchev–Trinajstić information content (AvgIpc) is 2.63. The first-order chi connectivity index (χ1) is 11.7. The van der Waals surface area contributed by atoms with Gasteiger partial charge < -0.3 is 15.3 Å². The third-order valence-electron chi connectivity index (χ3n) is 4.68. The molecule has 4 nitrogen and oxygen atoms in total. The van der Waals surface area contributed by atoms with Crippen LogP contribution >= 0.6 is 0 Å². The molecule has 1 amide bonds. The van der Waals surface area contributed by atoms with E-state index in [0.717, 1.165) is 38.9 Å². The van der Waals surface area contributed by atoms with E-state index in [4.69, 9.17) is 0 Å². The molecule has 0 aromatic heterocycles. The second-order valence-electron chi connectivity index (χ2n) is 6.36. The molecular formula is C20H24N2O2. The van der Waals surface area contributed by atoms with Crippen LogP contribution in [0.4, 0.5) is 5.69 Å². The highest BCUT2D eigenvalue weighted by atomic mass is 16.3. The number of hydrogen-bond acceptors (Lipinski definition) is 3. The summed E-state index contributed by atoms with van der Waals surface area (Å²) in [5, 5.41) is 12.6. The number of carbonyl (C=O) groups excluding carboxylic acids is 1. The lowest BCUT2D eigenvalue weighted by Gasteiger charge is -2.31. The zero-order valence-corrected chi connectivity index (χ0v) is 13.8. The third-order valence-corrected chi connectivity index (χ3v) is 4.68. The number of para-hydroxylation sites is 2. The molecule has 0 bridgehead atoms. The predicted molar refractivity (Wildman–Crippen MR) is 96.0 cm³/mol. The number of hydrogen-bond donors (Lipinski definition) is 2. The maximum absolute atomic E-state index is 12.4. The predicted octanol–water partition coefficient (Wildman–Crippen LogP) is 3.29. The van der Waals surface area contributed by atoms with Crippen molar-refractivity contribution in [1.82, 2.24) is 4.90 Å². The van der Waals surface area contributed by atoms with Gasteiger partial charge in [-0.3, -0.25) is 4.79 Å². The van der Waals surface area contributed by atoms with Gasteiger partial charge in [0.25, 0.3) is 0 Å². The molecule has 1 saturated heterocycles. The maximum atomic E-state index is 12.4. The van der Waals surface area contributed by atoms with Crippen molar-refractivity contribution >= 4 is 11.6 Å². The molecule has 2 aromatic carbocycles. The Bertz CT molecular complexity index is 664. The number of phenols is 1. The van der Waals surface area contributed by atoms with Gasteiger partial charge in [-0.15, -0.1) is 0 Å². The lowest BCUT2D eigenvalue weighted by atomic mass is 9.95. The molecule has 1 heterocycles. The van der Waals surface area contributed by atoms with Crippen LogP contribution in [-0.2, 0) is 11.2 Å². The van der Waals surface area contributed by atoms with Crippen LogP contribution in [0.1, 0.15) is 18.4 Å². The van der Waals surface area contributed by atoms with Crippen molar-refractivity contribution in [2.75, 3.05) is 25.0 Å². The minimum atomic E-state index is 0.0132. The molecule has 2 N–H and O–H groups in total.